The minimum absolute atomic E-state index is 0.0197. The molecule has 1 aromatic heterocycles. The minimum atomic E-state index is -0.0197. The van der Waals surface area contributed by atoms with E-state index in [1.54, 1.807) is 58.2 Å². The summed E-state index contributed by atoms with van der Waals surface area (Å²) in [6.07, 6.45) is 0.914. The molecule has 2 N–H and O–H groups in total. The van der Waals surface area contributed by atoms with E-state index in [2.05, 4.69) is 18.5 Å². The van der Waals surface area contributed by atoms with E-state index in [0.717, 1.165) is 62.5 Å². The van der Waals surface area contributed by atoms with E-state index in [4.69, 9.17) is 18.9 Å². The third kappa shape index (κ3) is 10.3. The smallest absolute Gasteiger partial charge is 0.217 e. The summed E-state index contributed by atoms with van der Waals surface area (Å²) in [5.41, 5.74) is 3.85. The number of carbonyl (C=O) groups excluding carboxylic acids is 1. The summed E-state index contributed by atoms with van der Waals surface area (Å²) < 4.78 is 23.1. The Bertz CT molecular complexity index is 1500. The van der Waals surface area contributed by atoms with Crippen molar-refractivity contribution in [1.82, 2.24) is 4.90 Å². The van der Waals surface area contributed by atoms with Crippen molar-refractivity contribution in [2.45, 2.75) is 6.42 Å². The van der Waals surface area contributed by atoms with Crippen LogP contribution >= 0.6 is 33.9 Å². The predicted octanol–water partition coefficient (Wildman–Crippen LogP) is 6.75. The van der Waals surface area contributed by atoms with Gasteiger partial charge >= 0.3 is 0 Å². The first-order valence-electron chi connectivity index (χ1n) is 14.4. The van der Waals surface area contributed by atoms with Gasteiger partial charge in [-0.1, -0.05) is 18.7 Å². The molecule has 3 aromatic carbocycles. The standard InChI is InChI=1S/C34H38INO7S/c1-24(33-30-13-10-28(38)22-31(30)44-34(33)26-4-8-27(37)9-5-26)25-6-11-29(12-7-25)43-17-15-36(2)14-3-16-40-18-19-41-20-21-42-23-32(35)39/h4-13,22,37-38H,1,3,14-21,23H2,2H3. The van der Waals surface area contributed by atoms with Crippen LogP contribution in [0.2, 0.25) is 0 Å². The van der Waals surface area contributed by atoms with Crippen LogP contribution in [0.4, 0.5) is 0 Å². The first-order valence-corrected chi connectivity index (χ1v) is 16.3. The number of nitrogens with zero attached hydrogens (tertiary/aromatic N) is 1. The maximum atomic E-state index is 10.8. The molecular weight excluding hydrogens is 693 g/mol. The Balaban J connectivity index is 1.21. The second-order valence-corrected chi connectivity index (χ2v) is 12.4. The molecule has 0 radical (unpaired) electrons. The number of hydrogen-bond donors (Lipinski definition) is 2. The number of phenolic OH excluding ortho intramolecular Hbond substituents is 2. The van der Waals surface area contributed by atoms with Gasteiger partial charge in [0.15, 0.2) is 0 Å². The van der Waals surface area contributed by atoms with Crippen LogP contribution in [0, 0.1) is 0 Å². The second-order valence-electron chi connectivity index (χ2n) is 10.2. The van der Waals surface area contributed by atoms with Gasteiger partial charge in [0.05, 0.1) is 26.4 Å². The Labute approximate surface area is 276 Å². The van der Waals surface area contributed by atoms with Crippen LogP contribution in [-0.2, 0) is 19.0 Å². The summed E-state index contributed by atoms with van der Waals surface area (Å²) >= 11 is 3.30. The number of likely N-dealkylation sites (N-methyl/N-ethyl adjacent to an activating group) is 1. The third-order valence-corrected chi connectivity index (χ3v) is 8.35. The SMILES string of the molecule is C=C(c1ccc(OCCN(C)CCCOCCOCCOCC(=O)I)cc1)c1c(-c2ccc(O)cc2)sc2cc(O)ccc12. The molecule has 234 valence electrons. The lowest BCUT2D eigenvalue weighted by molar-refractivity contribution is -0.114. The zero-order valence-electron chi connectivity index (χ0n) is 24.8. The zero-order valence-corrected chi connectivity index (χ0v) is 27.8. The molecule has 8 nitrogen and oxygen atoms in total. The van der Waals surface area contributed by atoms with Crippen LogP contribution < -0.4 is 4.74 Å². The maximum absolute atomic E-state index is 10.8. The summed E-state index contributed by atoms with van der Waals surface area (Å²) in [4.78, 5) is 14.0. The molecule has 0 atom stereocenters. The Morgan fingerprint density at radius 2 is 1.50 bits per heavy atom. The van der Waals surface area contributed by atoms with Gasteiger partial charge in [-0.3, -0.25) is 4.79 Å². The van der Waals surface area contributed by atoms with Crippen molar-refractivity contribution in [1.29, 1.82) is 0 Å². The summed E-state index contributed by atoms with van der Waals surface area (Å²) in [6.45, 7) is 9.38. The van der Waals surface area contributed by atoms with Crippen molar-refractivity contribution in [3.8, 4) is 27.7 Å². The van der Waals surface area contributed by atoms with Crippen LogP contribution in [0.1, 0.15) is 17.5 Å². The van der Waals surface area contributed by atoms with E-state index in [9.17, 15) is 15.0 Å². The van der Waals surface area contributed by atoms with Gasteiger partial charge in [-0.2, -0.15) is 0 Å². The van der Waals surface area contributed by atoms with Crippen molar-refractivity contribution in [3.63, 3.8) is 0 Å². The topological polar surface area (TPSA) is 97.7 Å². The molecule has 1 heterocycles. The molecule has 0 aliphatic rings. The molecule has 10 heteroatoms. The number of aromatic hydroxyl groups is 2. The van der Waals surface area contributed by atoms with Crippen molar-refractivity contribution in [3.05, 3.63) is 84.4 Å². The number of halogens is 1. The fourth-order valence-electron chi connectivity index (χ4n) is 4.56. The normalized spacial score (nSPS) is 11.3. The lowest BCUT2D eigenvalue weighted by atomic mass is 9.94. The van der Waals surface area contributed by atoms with Crippen molar-refractivity contribution in [2.24, 2.45) is 0 Å². The van der Waals surface area contributed by atoms with Crippen LogP contribution in [0.25, 0.3) is 26.1 Å². The predicted molar refractivity (Wildman–Crippen MR) is 184 cm³/mol. The van der Waals surface area contributed by atoms with E-state index in [-0.39, 0.29) is 21.9 Å². The molecule has 0 bridgehead atoms. The monoisotopic (exact) mass is 731 g/mol. The number of benzene rings is 3. The molecule has 0 unspecified atom stereocenters. The van der Waals surface area contributed by atoms with Gasteiger partial charge in [0, 0.05) is 62.8 Å². The second kappa shape index (κ2) is 17.5. The Kier molecular flexibility index (Phi) is 13.5. The van der Waals surface area contributed by atoms with Crippen LogP contribution in [0.3, 0.4) is 0 Å². The molecule has 0 aliphatic carbocycles. The number of ether oxygens (including phenoxy) is 4. The van der Waals surface area contributed by atoms with Gasteiger partial charge in [-0.15, -0.1) is 11.3 Å². The van der Waals surface area contributed by atoms with Gasteiger partial charge in [0.25, 0.3) is 0 Å². The lowest BCUT2D eigenvalue weighted by Gasteiger charge is -2.17. The Morgan fingerprint density at radius 1 is 0.841 bits per heavy atom. The van der Waals surface area contributed by atoms with Gasteiger partial charge in [-0.05, 0) is 84.8 Å². The van der Waals surface area contributed by atoms with E-state index in [0.29, 0.717) is 39.6 Å². The first kappa shape index (κ1) is 33.9. The highest BCUT2D eigenvalue weighted by Crippen LogP contribution is 2.45. The van der Waals surface area contributed by atoms with Crippen LogP contribution in [0.5, 0.6) is 17.2 Å². The van der Waals surface area contributed by atoms with Gasteiger partial charge < -0.3 is 34.1 Å². The van der Waals surface area contributed by atoms with Gasteiger partial charge in [-0.25, -0.2) is 0 Å². The quantitative estimate of drug-likeness (QED) is 0.0622. The summed E-state index contributed by atoms with van der Waals surface area (Å²) in [5.74, 6) is 1.23. The molecule has 44 heavy (non-hydrogen) atoms. The molecule has 0 aliphatic heterocycles. The summed E-state index contributed by atoms with van der Waals surface area (Å²) in [5, 5.41) is 20.9. The number of carbonyl (C=O) groups is 1. The molecule has 4 rings (SSSR count). The maximum Gasteiger partial charge on any atom is 0.217 e. The van der Waals surface area contributed by atoms with E-state index in [1.165, 1.54) is 0 Å². The summed E-state index contributed by atoms with van der Waals surface area (Å²) in [7, 11) is 2.07. The number of thiophene rings is 1. The van der Waals surface area contributed by atoms with Crippen LogP contribution in [0.15, 0.2) is 73.3 Å². The molecule has 0 spiro atoms. The first-order chi connectivity index (χ1) is 21.3. The van der Waals surface area contributed by atoms with Crippen molar-refractivity contribution >= 4 is 53.4 Å². The molecule has 0 fully saturated rings. The zero-order chi connectivity index (χ0) is 31.3. The third-order valence-electron chi connectivity index (χ3n) is 6.84. The van der Waals surface area contributed by atoms with E-state index in [1.807, 2.05) is 42.5 Å². The highest BCUT2D eigenvalue weighted by molar-refractivity contribution is 14.1. The van der Waals surface area contributed by atoms with Crippen molar-refractivity contribution < 1.29 is 34.0 Å². The minimum Gasteiger partial charge on any atom is -0.508 e. The Hall–Kier alpha value is -3.00. The number of rotatable bonds is 19. The Morgan fingerprint density at radius 3 is 2.20 bits per heavy atom. The lowest BCUT2D eigenvalue weighted by Crippen LogP contribution is -2.26. The molecule has 0 saturated heterocycles. The average molecular weight is 732 g/mol. The fraction of sp³-hybridized carbons (Fsp3) is 0.324. The highest BCUT2D eigenvalue weighted by atomic mass is 127. The molecule has 4 aromatic rings. The average Bonchev–Trinajstić information content (AvgIpc) is 3.38. The number of hydrogen-bond acceptors (Lipinski definition) is 9. The van der Waals surface area contributed by atoms with E-state index < -0.39 is 0 Å². The van der Waals surface area contributed by atoms with Crippen LogP contribution in [-0.4, -0.2) is 85.3 Å². The van der Waals surface area contributed by atoms with E-state index >= 15 is 0 Å². The van der Waals surface area contributed by atoms with Gasteiger partial charge in [0.2, 0.25) is 3.79 Å². The summed E-state index contributed by atoms with van der Waals surface area (Å²) in [6, 6.07) is 20.5. The number of phenols is 2. The molecule has 0 amide bonds. The molecular formula is C34H38INO7S. The van der Waals surface area contributed by atoms with Gasteiger partial charge in [0.1, 0.15) is 30.5 Å². The highest BCUT2D eigenvalue weighted by Gasteiger charge is 2.18. The molecule has 0 saturated carbocycles. The fourth-order valence-corrected chi connectivity index (χ4v) is 6.05. The number of fused-ring (bicyclic) bond motifs is 1. The largest absolute Gasteiger partial charge is 0.508 e. The van der Waals surface area contributed by atoms with Crippen molar-refractivity contribution in [2.75, 3.05) is 66.4 Å².